The van der Waals surface area contributed by atoms with Crippen molar-refractivity contribution in [1.29, 1.82) is 5.26 Å². The van der Waals surface area contributed by atoms with Gasteiger partial charge in [-0.2, -0.15) is 5.26 Å². The maximum atomic E-state index is 11.5. The Morgan fingerprint density at radius 3 is 2.89 bits per heavy atom. The zero-order chi connectivity index (χ0) is 14.3. The average molecular weight is 258 g/mol. The number of hydrogen-bond donors (Lipinski definition) is 2. The fourth-order valence-corrected chi connectivity index (χ4v) is 1.38. The highest BCUT2D eigenvalue weighted by atomic mass is 16.3. The van der Waals surface area contributed by atoms with Crippen molar-refractivity contribution in [3.05, 3.63) is 41.5 Å². The van der Waals surface area contributed by atoms with Crippen molar-refractivity contribution in [3.8, 4) is 6.07 Å². The van der Waals surface area contributed by atoms with Crippen LogP contribution in [0.3, 0.4) is 0 Å². The first-order valence-corrected chi connectivity index (χ1v) is 6.17. The number of nitriles is 1. The van der Waals surface area contributed by atoms with Crippen LogP contribution in [0.1, 0.15) is 25.0 Å². The summed E-state index contributed by atoms with van der Waals surface area (Å²) in [5, 5.41) is 20.9. The highest BCUT2D eigenvalue weighted by Crippen LogP contribution is 2.06. The number of aliphatic hydroxyl groups excluding tert-OH is 1. The lowest BCUT2D eigenvalue weighted by atomic mass is 10.1. The fourth-order valence-electron chi connectivity index (χ4n) is 1.38. The van der Waals surface area contributed by atoms with E-state index in [1.165, 1.54) is 6.08 Å². The number of carbonyl (C=O) groups is 1. The van der Waals surface area contributed by atoms with Gasteiger partial charge in [-0.05, 0) is 29.7 Å². The van der Waals surface area contributed by atoms with Crippen LogP contribution in [0.5, 0.6) is 0 Å². The zero-order valence-corrected chi connectivity index (χ0v) is 11.1. The monoisotopic (exact) mass is 258 g/mol. The van der Waals surface area contributed by atoms with Crippen molar-refractivity contribution < 1.29 is 9.90 Å². The molecule has 0 bridgehead atoms. The molecule has 0 aliphatic heterocycles. The number of rotatable bonds is 5. The topological polar surface area (TPSA) is 73.1 Å². The van der Waals surface area contributed by atoms with E-state index in [0.717, 1.165) is 5.56 Å². The SMILES string of the molecule is CC(C)C(O)CNC(=O)/C=C/c1cccc(C#N)c1. The third-order valence-electron chi connectivity index (χ3n) is 2.70. The van der Waals surface area contributed by atoms with Crippen LogP contribution in [0.2, 0.25) is 0 Å². The summed E-state index contributed by atoms with van der Waals surface area (Å²) >= 11 is 0. The predicted octanol–water partition coefficient (Wildman–Crippen LogP) is 1.70. The van der Waals surface area contributed by atoms with Gasteiger partial charge in [-0.15, -0.1) is 0 Å². The highest BCUT2D eigenvalue weighted by Gasteiger charge is 2.09. The molecule has 0 saturated heterocycles. The Hall–Kier alpha value is -2.12. The molecular formula is C15H18N2O2. The average Bonchev–Trinajstić information content (AvgIpc) is 2.42. The van der Waals surface area contributed by atoms with E-state index in [-0.39, 0.29) is 18.4 Å². The molecule has 0 heterocycles. The Kier molecular flexibility index (Phi) is 5.77. The van der Waals surface area contributed by atoms with Crippen molar-refractivity contribution >= 4 is 12.0 Å². The van der Waals surface area contributed by atoms with E-state index in [1.807, 2.05) is 26.0 Å². The van der Waals surface area contributed by atoms with Crippen LogP contribution in [0, 0.1) is 17.2 Å². The van der Waals surface area contributed by atoms with Gasteiger partial charge in [-0.25, -0.2) is 0 Å². The van der Waals surface area contributed by atoms with Gasteiger partial charge in [0.25, 0.3) is 0 Å². The third kappa shape index (κ3) is 5.36. The number of carbonyl (C=O) groups excluding carboxylic acids is 1. The minimum atomic E-state index is -0.542. The second kappa shape index (κ2) is 7.34. The van der Waals surface area contributed by atoms with E-state index in [1.54, 1.807) is 24.3 Å². The van der Waals surface area contributed by atoms with Gasteiger partial charge in [0.1, 0.15) is 0 Å². The molecule has 1 rings (SSSR count). The molecule has 2 N–H and O–H groups in total. The first-order valence-electron chi connectivity index (χ1n) is 6.17. The van der Waals surface area contributed by atoms with Gasteiger partial charge in [-0.3, -0.25) is 4.79 Å². The van der Waals surface area contributed by atoms with Crippen LogP contribution in [0.15, 0.2) is 30.3 Å². The Balaban J connectivity index is 2.52. The van der Waals surface area contributed by atoms with E-state index in [4.69, 9.17) is 5.26 Å². The maximum absolute atomic E-state index is 11.5. The molecule has 1 aromatic rings. The minimum Gasteiger partial charge on any atom is -0.391 e. The Labute approximate surface area is 113 Å². The molecule has 1 aromatic carbocycles. The Morgan fingerprint density at radius 1 is 1.53 bits per heavy atom. The van der Waals surface area contributed by atoms with Gasteiger partial charge in [0.15, 0.2) is 0 Å². The number of benzene rings is 1. The molecule has 1 amide bonds. The van der Waals surface area contributed by atoms with Crippen LogP contribution in [0.25, 0.3) is 6.08 Å². The molecular weight excluding hydrogens is 240 g/mol. The van der Waals surface area contributed by atoms with Crippen molar-refractivity contribution in [2.75, 3.05) is 6.54 Å². The van der Waals surface area contributed by atoms with E-state index in [0.29, 0.717) is 5.56 Å². The van der Waals surface area contributed by atoms with Crippen LogP contribution in [-0.4, -0.2) is 23.7 Å². The van der Waals surface area contributed by atoms with Gasteiger partial charge >= 0.3 is 0 Å². The summed E-state index contributed by atoms with van der Waals surface area (Å²) in [6.45, 7) is 4.01. The lowest BCUT2D eigenvalue weighted by molar-refractivity contribution is -0.117. The quantitative estimate of drug-likeness (QED) is 0.789. The molecule has 1 unspecified atom stereocenters. The number of aliphatic hydroxyl groups is 1. The zero-order valence-electron chi connectivity index (χ0n) is 11.1. The van der Waals surface area contributed by atoms with Crippen molar-refractivity contribution in [1.82, 2.24) is 5.32 Å². The summed E-state index contributed by atoms with van der Waals surface area (Å²) in [5.74, 6) is -0.154. The Morgan fingerprint density at radius 2 is 2.26 bits per heavy atom. The largest absolute Gasteiger partial charge is 0.391 e. The van der Waals surface area contributed by atoms with Gasteiger partial charge in [0.05, 0.1) is 17.7 Å². The van der Waals surface area contributed by atoms with Gasteiger partial charge < -0.3 is 10.4 Å². The van der Waals surface area contributed by atoms with E-state index in [2.05, 4.69) is 5.32 Å². The molecule has 0 fully saturated rings. The lowest BCUT2D eigenvalue weighted by Crippen LogP contribution is -2.33. The summed E-state index contributed by atoms with van der Waals surface area (Å²) in [6, 6.07) is 9.02. The molecule has 19 heavy (non-hydrogen) atoms. The van der Waals surface area contributed by atoms with Gasteiger partial charge in [0, 0.05) is 12.6 Å². The van der Waals surface area contributed by atoms with E-state index in [9.17, 15) is 9.90 Å². The molecule has 1 atom stereocenters. The number of nitrogens with zero attached hydrogens (tertiary/aromatic N) is 1. The van der Waals surface area contributed by atoms with Crippen LogP contribution >= 0.6 is 0 Å². The summed E-state index contributed by atoms with van der Waals surface area (Å²) in [7, 11) is 0. The number of nitrogens with one attached hydrogen (secondary N) is 1. The van der Waals surface area contributed by atoms with Crippen molar-refractivity contribution in [2.45, 2.75) is 20.0 Å². The van der Waals surface area contributed by atoms with Crippen molar-refractivity contribution in [2.24, 2.45) is 5.92 Å². The first-order chi connectivity index (χ1) is 9.02. The van der Waals surface area contributed by atoms with Crippen molar-refractivity contribution in [3.63, 3.8) is 0 Å². The lowest BCUT2D eigenvalue weighted by Gasteiger charge is -2.13. The molecule has 4 heteroatoms. The molecule has 0 aliphatic carbocycles. The predicted molar refractivity (Wildman–Crippen MR) is 74.0 cm³/mol. The first kappa shape index (κ1) is 14.9. The van der Waals surface area contributed by atoms with Crippen LogP contribution in [-0.2, 0) is 4.79 Å². The standard InChI is InChI=1S/C15H18N2O2/c1-11(2)14(18)10-17-15(19)7-6-12-4-3-5-13(8-12)9-16/h3-8,11,14,18H,10H2,1-2H3,(H,17,19)/b7-6+. The summed E-state index contributed by atoms with van der Waals surface area (Å²) in [6.07, 6.45) is 2.49. The molecule has 0 aromatic heterocycles. The second-order valence-corrected chi connectivity index (χ2v) is 4.63. The normalized spacial score (nSPS) is 12.4. The highest BCUT2D eigenvalue weighted by molar-refractivity contribution is 5.91. The maximum Gasteiger partial charge on any atom is 0.244 e. The molecule has 100 valence electrons. The van der Waals surface area contributed by atoms with Crippen LogP contribution in [0.4, 0.5) is 0 Å². The number of amides is 1. The third-order valence-corrected chi connectivity index (χ3v) is 2.70. The molecule has 0 aliphatic rings. The summed E-state index contributed by atoms with van der Waals surface area (Å²) in [5.41, 5.74) is 1.34. The molecule has 0 radical (unpaired) electrons. The smallest absolute Gasteiger partial charge is 0.244 e. The Bertz CT molecular complexity index is 501. The summed E-state index contributed by atoms with van der Waals surface area (Å²) in [4.78, 5) is 11.5. The minimum absolute atomic E-state index is 0.108. The molecule has 0 spiro atoms. The van der Waals surface area contributed by atoms with Gasteiger partial charge in [0.2, 0.25) is 5.91 Å². The van der Waals surface area contributed by atoms with E-state index >= 15 is 0 Å². The van der Waals surface area contributed by atoms with E-state index < -0.39 is 6.10 Å². The van der Waals surface area contributed by atoms with Gasteiger partial charge in [-0.1, -0.05) is 26.0 Å². The molecule has 4 nitrogen and oxygen atoms in total. The summed E-state index contributed by atoms with van der Waals surface area (Å²) < 4.78 is 0. The number of hydrogen-bond acceptors (Lipinski definition) is 3. The second-order valence-electron chi connectivity index (χ2n) is 4.63. The van der Waals surface area contributed by atoms with Crippen LogP contribution < -0.4 is 5.32 Å². The molecule has 0 saturated carbocycles. The fraction of sp³-hybridized carbons (Fsp3) is 0.333.